The predicted octanol–water partition coefficient (Wildman–Crippen LogP) is 2.44. The highest BCUT2D eigenvalue weighted by molar-refractivity contribution is 7.89. The number of nitrogens with zero attached hydrogens (tertiary/aromatic N) is 1. The van der Waals surface area contributed by atoms with E-state index in [9.17, 15) is 13.2 Å². The number of benzene rings is 1. The maximum Gasteiger partial charge on any atom is 0.324 e. The number of carbonyl (C=O) groups excluding carboxylic acids is 1. The van der Waals surface area contributed by atoms with Crippen molar-refractivity contribution in [1.82, 2.24) is 4.31 Å². The average Bonchev–Trinajstić information content (AvgIpc) is 2.58. The lowest BCUT2D eigenvalue weighted by Gasteiger charge is -2.31. The number of anilines is 2. The van der Waals surface area contributed by atoms with Gasteiger partial charge in [-0.2, -0.15) is 4.31 Å². The van der Waals surface area contributed by atoms with Crippen molar-refractivity contribution >= 4 is 27.4 Å². The van der Waals surface area contributed by atoms with Crippen LogP contribution in [0.1, 0.15) is 41.0 Å². The number of nitrogens with one attached hydrogen (secondary N) is 1. The number of rotatable bonds is 4. The zero-order valence-electron chi connectivity index (χ0n) is 16.1. The summed E-state index contributed by atoms with van der Waals surface area (Å²) < 4.78 is 33.3. The first kappa shape index (κ1) is 20.5. The summed E-state index contributed by atoms with van der Waals surface area (Å²) in [5, 5.41) is 3.09. The third-order valence-electron chi connectivity index (χ3n) is 3.96. The topological polar surface area (TPSA) is 102 Å². The molecule has 8 heteroatoms. The van der Waals surface area contributed by atoms with Gasteiger partial charge >= 0.3 is 5.97 Å². The standard InChI is InChI=1S/C18H29N3O4S/c1-12(2)10-15(17(22)25-18(3,4)5)21-9-8-20-14-11-13(19)6-7-16(14)26(21,23)24/h6-7,11-12,15,20H,8-10,19H2,1-5H3/t15-/m1/s1. The number of carbonyl (C=O) groups is 1. The molecular weight excluding hydrogens is 354 g/mol. The number of fused-ring (bicyclic) bond motifs is 1. The Labute approximate surface area is 155 Å². The van der Waals surface area contributed by atoms with Crippen LogP contribution in [0.3, 0.4) is 0 Å². The Balaban J connectivity index is 2.46. The van der Waals surface area contributed by atoms with Gasteiger partial charge in [0.05, 0.1) is 5.69 Å². The van der Waals surface area contributed by atoms with Crippen LogP contribution >= 0.6 is 0 Å². The molecule has 1 aromatic carbocycles. The number of hydrogen-bond donors (Lipinski definition) is 2. The van der Waals surface area contributed by atoms with E-state index in [1.807, 2.05) is 13.8 Å². The lowest BCUT2D eigenvalue weighted by Crippen LogP contribution is -2.48. The van der Waals surface area contributed by atoms with Gasteiger partial charge in [-0.3, -0.25) is 4.79 Å². The van der Waals surface area contributed by atoms with Gasteiger partial charge in [0, 0.05) is 18.8 Å². The average molecular weight is 384 g/mol. The molecule has 0 saturated heterocycles. The summed E-state index contributed by atoms with van der Waals surface area (Å²) in [6, 6.07) is 3.75. The highest BCUT2D eigenvalue weighted by Gasteiger charge is 2.40. The fourth-order valence-electron chi connectivity index (χ4n) is 2.93. The summed E-state index contributed by atoms with van der Waals surface area (Å²) in [6.45, 7) is 9.78. The van der Waals surface area contributed by atoms with Crippen molar-refractivity contribution < 1.29 is 17.9 Å². The molecule has 1 aliphatic heterocycles. The Morgan fingerprint density at radius 1 is 1.35 bits per heavy atom. The van der Waals surface area contributed by atoms with Crippen molar-refractivity contribution in [3.63, 3.8) is 0 Å². The monoisotopic (exact) mass is 383 g/mol. The van der Waals surface area contributed by atoms with E-state index in [1.165, 1.54) is 10.4 Å². The minimum Gasteiger partial charge on any atom is -0.459 e. The second kappa shape index (κ2) is 7.44. The molecule has 1 aromatic rings. The molecule has 26 heavy (non-hydrogen) atoms. The molecular formula is C18H29N3O4S. The zero-order chi connectivity index (χ0) is 19.7. The van der Waals surface area contributed by atoms with Crippen LogP contribution in [0.2, 0.25) is 0 Å². The Morgan fingerprint density at radius 2 is 2.00 bits per heavy atom. The van der Waals surface area contributed by atoms with Crippen LogP contribution in [0.5, 0.6) is 0 Å². The van der Waals surface area contributed by atoms with Crippen molar-refractivity contribution in [2.24, 2.45) is 5.92 Å². The zero-order valence-corrected chi connectivity index (χ0v) is 16.9. The smallest absolute Gasteiger partial charge is 0.324 e. The molecule has 0 radical (unpaired) electrons. The molecule has 0 aromatic heterocycles. The van der Waals surface area contributed by atoms with Crippen LogP contribution in [0.4, 0.5) is 11.4 Å². The molecule has 0 saturated carbocycles. The number of ether oxygens (including phenoxy) is 1. The van der Waals surface area contributed by atoms with Crippen LogP contribution in [-0.4, -0.2) is 43.4 Å². The maximum absolute atomic E-state index is 13.3. The molecule has 1 aliphatic rings. The van der Waals surface area contributed by atoms with E-state index < -0.39 is 27.6 Å². The van der Waals surface area contributed by atoms with Gasteiger partial charge < -0.3 is 15.8 Å². The molecule has 2 rings (SSSR count). The van der Waals surface area contributed by atoms with E-state index >= 15 is 0 Å². The first-order valence-corrected chi connectivity index (χ1v) is 10.2. The van der Waals surface area contributed by atoms with Gasteiger partial charge in [-0.15, -0.1) is 0 Å². The molecule has 7 nitrogen and oxygen atoms in total. The first-order chi connectivity index (χ1) is 11.9. The quantitative estimate of drug-likeness (QED) is 0.612. The number of hydrogen-bond acceptors (Lipinski definition) is 6. The van der Waals surface area contributed by atoms with Crippen LogP contribution in [-0.2, 0) is 19.6 Å². The Hall–Kier alpha value is -1.80. The fraction of sp³-hybridized carbons (Fsp3) is 0.611. The molecule has 1 heterocycles. The summed E-state index contributed by atoms with van der Waals surface area (Å²) in [7, 11) is -3.87. The summed E-state index contributed by atoms with van der Waals surface area (Å²) in [5.41, 5.74) is 6.02. The lowest BCUT2D eigenvalue weighted by molar-refractivity contribution is -0.160. The van der Waals surface area contributed by atoms with Crippen molar-refractivity contribution in [2.75, 3.05) is 24.1 Å². The molecule has 1 atom stereocenters. The summed E-state index contributed by atoms with van der Waals surface area (Å²) >= 11 is 0. The number of nitrogens with two attached hydrogens (primary N) is 1. The molecule has 0 aliphatic carbocycles. The van der Waals surface area contributed by atoms with Crippen molar-refractivity contribution in [2.45, 2.75) is 57.6 Å². The maximum atomic E-state index is 13.3. The van der Waals surface area contributed by atoms with E-state index in [-0.39, 0.29) is 17.4 Å². The SMILES string of the molecule is CC(C)C[C@H](C(=O)OC(C)(C)C)N1CCNc2cc(N)ccc2S1(=O)=O. The van der Waals surface area contributed by atoms with Crippen LogP contribution in [0.15, 0.2) is 23.1 Å². The number of sulfonamides is 1. The number of nitrogen functional groups attached to an aromatic ring is 1. The van der Waals surface area contributed by atoms with Crippen molar-refractivity contribution in [3.05, 3.63) is 18.2 Å². The summed E-state index contributed by atoms with van der Waals surface area (Å²) in [6.07, 6.45) is 0.387. The molecule has 3 N–H and O–H groups in total. The van der Waals surface area contributed by atoms with Gasteiger partial charge in [0.25, 0.3) is 0 Å². The molecule has 0 amide bonds. The normalized spacial score (nSPS) is 18.5. The van der Waals surface area contributed by atoms with E-state index in [0.717, 1.165) is 0 Å². The minimum atomic E-state index is -3.87. The molecule has 0 spiro atoms. The Bertz CT molecular complexity index is 769. The summed E-state index contributed by atoms with van der Waals surface area (Å²) in [4.78, 5) is 12.9. The van der Waals surface area contributed by atoms with E-state index in [2.05, 4.69) is 5.32 Å². The van der Waals surface area contributed by atoms with Crippen LogP contribution < -0.4 is 11.1 Å². The van der Waals surface area contributed by atoms with Crippen LogP contribution in [0, 0.1) is 5.92 Å². The second-order valence-corrected chi connectivity index (χ2v) is 9.84. The van der Waals surface area contributed by atoms with E-state index in [1.54, 1.807) is 32.9 Å². The lowest BCUT2D eigenvalue weighted by atomic mass is 10.0. The van der Waals surface area contributed by atoms with Crippen molar-refractivity contribution in [1.29, 1.82) is 0 Å². The minimum absolute atomic E-state index is 0.126. The third-order valence-corrected chi connectivity index (χ3v) is 5.93. The van der Waals surface area contributed by atoms with Gasteiger partial charge in [-0.1, -0.05) is 13.8 Å². The van der Waals surface area contributed by atoms with Gasteiger partial charge in [0.15, 0.2) is 0 Å². The highest BCUT2D eigenvalue weighted by atomic mass is 32.2. The highest BCUT2D eigenvalue weighted by Crippen LogP contribution is 2.32. The van der Waals surface area contributed by atoms with Gasteiger partial charge in [0.2, 0.25) is 10.0 Å². The Kier molecular flexibility index (Phi) is 5.87. The van der Waals surface area contributed by atoms with Gasteiger partial charge in [-0.25, -0.2) is 8.42 Å². The predicted molar refractivity (Wildman–Crippen MR) is 102 cm³/mol. The molecule has 0 fully saturated rings. The molecule has 0 unspecified atom stereocenters. The van der Waals surface area contributed by atoms with Crippen LogP contribution in [0.25, 0.3) is 0 Å². The van der Waals surface area contributed by atoms with Gasteiger partial charge in [-0.05, 0) is 51.3 Å². The fourth-order valence-corrected chi connectivity index (χ4v) is 4.67. The largest absolute Gasteiger partial charge is 0.459 e. The number of esters is 1. The van der Waals surface area contributed by atoms with Crippen molar-refractivity contribution in [3.8, 4) is 0 Å². The second-order valence-electron chi connectivity index (χ2n) is 7.98. The Morgan fingerprint density at radius 3 is 2.58 bits per heavy atom. The summed E-state index contributed by atoms with van der Waals surface area (Å²) in [5.74, 6) is -0.390. The van der Waals surface area contributed by atoms with Gasteiger partial charge in [0.1, 0.15) is 16.5 Å². The first-order valence-electron chi connectivity index (χ1n) is 8.80. The van der Waals surface area contributed by atoms with E-state index in [4.69, 9.17) is 10.5 Å². The van der Waals surface area contributed by atoms with E-state index in [0.29, 0.717) is 24.3 Å². The molecule has 146 valence electrons. The molecule has 0 bridgehead atoms. The third kappa shape index (κ3) is 4.67.